The molecule has 0 radical (unpaired) electrons. The minimum atomic E-state index is -0.453. The number of halogens is 3. The van der Waals surface area contributed by atoms with E-state index in [9.17, 15) is 0 Å². The Morgan fingerprint density at radius 3 is 2.57 bits per heavy atom. The molecule has 6 heteroatoms. The zero-order valence-electron chi connectivity index (χ0n) is 15.4. The predicted octanol–water partition coefficient (Wildman–Crippen LogP) is 6.93. The van der Waals surface area contributed by atoms with Crippen molar-refractivity contribution in [1.29, 1.82) is 0 Å². The summed E-state index contributed by atoms with van der Waals surface area (Å²) in [6.45, 7) is 5.71. The Morgan fingerprint density at radius 2 is 1.93 bits per heavy atom. The van der Waals surface area contributed by atoms with Crippen LogP contribution in [0.2, 0.25) is 10.0 Å². The summed E-state index contributed by atoms with van der Waals surface area (Å²) in [5, 5.41) is 4.38. The van der Waals surface area contributed by atoms with Gasteiger partial charge < -0.3 is 5.32 Å². The summed E-state index contributed by atoms with van der Waals surface area (Å²) in [5.74, 6) is 0.466. The highest BCUT2D eigenvalue weighted by molar-refractivity contribution is 6.42. The monoisotopic (exact) mass is 413 g/mol. The van der Waals surface area contributed by atoms with Crippen LogP contribution < -0.4 is 5.32 Å². The lowest BCUT2D eigenvalue weighted by atomic mass is 10.0. The summed E-state index contributed by atoms with van der Waals surface area (Å²) in [6.07, 6.45) is 7.20. The standard InChI is InChI=1S/C22H18Cl2FN3/c1-4-6-7-13(5-2)21-27-20-16(22(26-3)28-21)10-9-15(19(20)25)14-8-11-17(23)18(24)12-14/h4-12H,2H2,1,3H3,(H,26,27,28)/b6-4-,13-7+. The van der Waals surface area contributed by atoms with E-state index < -0.39 is 5.82 Å². The van der Waals surface area contributed by atoms with Crippen LogP contribution in [-0.2, 0) is 0 Å². The molecule has 0 bridgehead atoms. The molecule has 0 spiro atoms. The van der Waals surface area contributed by atoms with Gasteiger partial charge in [-0.15, -0.1) is 0 Å². The highest BCUT2D eigenvalue weighted by atomic mass is 35.5. The van der Waals surface area contributed by atoms with E-state index in [0.29, 0.717) is 43.8 Å². The predicted molar refractivity (Wildman–Crippen MR) is 117 cm³/mol. The van der Waals surface area contributed by atoms with Gasteiger partial charge in [0.1, 0.15) is 11.3 Å². The molecule has 0 aliphatic rings. The Hall–Kier alpha value is -2.69. The minimum Gasteiger partial charge on any atom is -0.373 e. The normalized spacial score (nSPS) is 12.0. The number of nitrogens with one attached hydrogen (secondary N) is 1. The molecule has 0 aliphatic carbocycles. The van der Waals surface area contributed by atoms with Crippen molar-refractivity contribution in [1.82, 2.24) is 9.97 Å². The number of hydrogen-bond donors (Lipinski definition) is 1. The fourth-order valence-corrected chi connectivity index (χ4v) is 3.10. The van der Waals surface area contributed by atoms with Crippen molar-refractivity contribution in [2.75, 3.05) is 12.4 Å². The average Bonchev–Trinajstić information content (AvgIpc) is 2.70. The molecule has 142 valence electrons. The van der Waals surface area contributed by atoms with E-state index in [1.807, 2.05) is 25.2 Å². The topological polar surface area (TPSA) is 37.8 Å². The van der Waals surface area contributed by atoms with Gasteiger partial charge in [-0.1, -0.05) is 66.2 Å². The fraction of sp³-hybridized carbons (Fsp3) is 0.0909. The zero-order chi connectivity index (χ0) is 20.3. The number of anilines is 1. The summed E-state index contributed by atoms with van der Waals surface area (Å²) in [6, 6.07) is 8.47. The zero-order valence-corrected chi connectivity index (χ0v) is 16.9. The maximum Gasteiger partial charge on any atom is 0.162 e. The first-order chi connectivity index (χ1) is 13.5. The maximum atomic E-state index is 15.4. The summed E-state index contributed by atoms with van der Waals surface area (Å²) in [4.78, 5) is 8.99. The molecular weight excluding hydrogens is 396 g/mol. The first kappa shape index (κ1) is 20.1. The number of hydrogen-bond acceptors (Lipinski definition) is 3. The maximum absolute atomic E-state index is 15.4. The second-order valence-corrected chi connectivity index (χ2v) is 6.76. The number of nitrogens with zero attached hydrogens (tertiary/aromatic N) is 2. The van der Waals surface area contributed by atoms with E-state index in [2.05, 4.69) is 21.9 Å². The van der Waals surface area contributed by atoms with Gasteiger partial charge in [0, 0.05) is 23.6 Å². The Bertz CT molecular complexity index is 1120. The molecule has 1 heterocycles. The van der Waals surface area contributed by atoms with E-state index in [-0.39, 0.29) is 5.52 Å². The van der Waals surface area contributed by atoms with Crippen LogP contribution >= 0.6 is 23.2 Å². The van der Waals surface area contributed by atoms with Crippen molar-refractivity contribution in [3.63, 3.8) is 0 Å². The van der Waals surface area contributed by atoms with E-state index in [1.165, 1.54) is 0 Å². The van der Waals surface area contributed by atoms with Crippen LogP contribution in [0, 0.1) is 5.82 Å². The van der Waals surface area contributed by atoms with Gasteiger partial charge in [-0.25, -0.2) is 14.4 Å². The van der Waals surface area contributed by atoms with Gasteiger partial charge in [-0.3, -0.25) is 0 Å². The van der Waals surface area contributed by atoms with Gasteiger partial charge in [-0.05, 0) is 30.7 Å². The third-order valence-corrected chi connectivity index (χ3v) is 4.96. The van der Waals surface area contributed by atoms with E-state index in [0.717, 1.165) is 0 Å². The van der Waals surface area contributed by atoms with E-state index in [1.54, 1.807) is 43.5 Å². The van der Waals surface area contributed by atoms with Crippen LogP contribution in [0.5, 0.6) is 0 Å². The van der Waals surface area contributed by atoms with Crippen molar-refractivity contribution in [2.24, 2.45) is 0 Å². The number of rotatable bonds is 5. The lowest BCUT2D eigenvalue weighted by molar-refractivity contribution is 0.639. The Morgan fingerprint density at radius 1 is 1.14 bits per heavy atom. The Kier molecular flexibility index (Phi) is 6.12. The molecule has 3 aromatic rings. The fourth-order valence-electron chi connectivity index (χ4n) is 2.80. The molecule has 0 saturated heterocycles. The van der Waals surface area contributed by atoms with Crippen molar-refractivity contribution in [3.8, 4) is 11.1 Å². The third kappa shape index (κ3) is 3.79. The quantitative estimate of drug-likeness (QED) is 0.460. The van der Waals surface area contributed by atoms with Gasteiger partial charge in [0.25, 0.3) is 0 Å². The minimum absolute atomic E-state index is 0.214. The summed E-state index contributed by atoms with van der Waals surface area (Å²) in [7, 11) is 1.74. The number of allylic oxidation sites excluding steroid dienone is 5. The molecule has 1 N–H and O–H groups in total. The van der Waals surface area contributed by atoms with Crippen molar-refractivity contribution >= 4 is 45.5 Å². The first-order valence-electron chi connectivity index (χ1n) is 8.59. The van der Waals surface area contributed by atoms with Crippen LogP contribution in [0.15, 0.2) is 61.2 Å². The molecule has 0 aliphatic heterocycles. The van der Waals surface area contributed by atoms with E-state index >= 15 is 4.39 Å². The second kappa shape index (κ2) is 8.55. The lowest BCUT2D eigenvalue weighted by Gasteiger charge is -2.12. The molecule has 3 rings (SSSR count). The van der Waals surface area contributed by atoms with Gasteiger partial charge in [0.05, 0.1) is 10.0 Å². The number of aromatic nitrogens is 2. The Labute approximate surface area is 173 Å². The first-order valence-corrected chi connectivity index (χ1v) is 9.35. The molecule has 0 amide bonds. The van der Waals surface area contributed by atoms with Gasteiger partial charge in [-0.2, -0.15) is 0 Å². The van der Waals surface area contributed by atoms with Crippen LogP contribution in [0.4, 0.5) is 10.2 Å². The smallest absolute Gasteiger partial charge is 0.162 e. The van der Waals surface area contributed by atoms with Gasteiger partial charge >= 0.3 is 0 Å². The molecule has 28 heavy (non-hydrogen) atoms. The Balaban J connectivity index is 2.28. The van der Waals surface area contributed by atoms with Gasteiger partial charge in [0.2, 0.25) is 0 Å². The molecule has 0 saturated carbocycles. The number of benzene rings is 2. The summed E-state index contributed by atoms with van der Waals surface area (Å²) >= 11 is 12.1. The van der Waals surface area contributed by atoms with E-state index in [4.69, 9.17) is 23.2 Å². The van der Waals surface area contributed by atoms with Crippen LogP contribution in [0.1, 0.15) is 12.7 Å². The number of fused-ring (bicyclic) bond motifs is 1. The molecule has 2 aromatic carbocycles. The largest absolute Gasteiger partial charge is 0.373 e. The summed E-state index contributed by atoms with van der Waals surface area (Å²) in [5.41, 5.74) is 1.91. The van der Waals surface area contributed by atoms with Crippen LogP contribution in [-0.4, -0.2) is 17.0 Å². The van der Waals surface area contributed by atoms with Crippen molar-refractivity contribution < 1.29 is 4.39 Å². The molecular formula is C22H18Cl2FN3. The SMILES string of the molecule is C=C/C(=C\C=C/C)c1nc(NC)c2ccc(-c3ccc(Cl)c(Cl)c3)c(F)c2n1. The molecule has 0 atom stereocenters. The van der Waals surface area contributed by atoms with Crippen molar-refractivity contribution in [3.05, 3.63) is 82.9 Å². The van der Waals surface area contributed by atoms with Crippen LogP contribution in [0.3, 0.4) is 0 Å². The third-order valence-electron chi connectivity index (χ3n) is 4.22. The van der Waals surface area contributed by atoms with Gasteiger partial charge in [0.15, 0.2) is 11.6 Å². The molecule has 0 fully saturated rings. The second-order valence-electron chi connectivity index (χ2n) is 5.95. The summed E-state index contributed by atoms with van der Waals surface area (Å²) < 4.78 is 15.4. The van der Waals surface area contributed by atoms with Crippen molar-refractivity contribution in [2.45, 2.75) is 6.92 Å². The molecule has 1 aromatic heterocycles. The highest BCUT2D eigenvalue weighted by Gasteiger charge is 2.16. The lowest BCUT2D eigenvalue weighted by Crippen LogP contribution is -2.02. The molecule has 0 unspecified atom stereocenters. The highest BCUT2D eigenvalue weighted by Crippen LogP contribution is 2.34. The molecule has 3 nitrogen and oxygen atoms in total. The average molecular weight is 414 g/mol. The van der Waals surface area contributed by atoms with Crippen LogP contribution in [0.25, 0.3) is 27.6 Å².